The fourth-order valence-electron chi connectivity index (χ4n) is 3.79. The summed E-state index contributed by atoms with van der Waals surface area (Å²) in [5, 5.41) is 0.532. The van der Waals surface area contributed by atoms with E-state index in [9.17, 15) is 13.2 Å². The number of thiazole rings is 1. The first-order valence-corrected chi connectivity index (χ1v) is 15.2. The normalized spacial score (nSPS) is 11.9. The SMILES string of the molecule is COCCN(CCOC)S(=O)(=O)c1ccc(C(=O)N(Cc2ccco2)c2nc3c(SC)cccc3s2)cc1. The number of anilines is 1. The average molecular weight is 576 g/mol. The van der Waals surface area contributed by atoms with E-state index in [4.69, 9.17) is 18.9 Å². The summed E-state index contributed by atoms with van der Waals surface area (Å²) in [6.45, 7) is 1.07. The largest absolute Gasteiger partial charge is 0.467 e. The molecule has 202 valence electrons. The molecule has 0 bridgehead atoms. The molecule has 0 fully saturated rings. The highest BCUT2D eigenvalue weighted by Crippen LogP contribution is 2.35. The number of methoxy groups -OCH3 is 2. The third-order valence-corrected chi connectivity index (χ3v) is 9.52. The first-order valence-electron chi connectivity index (χ1n) is 11.7. The van der Waals surface area contributed by atoms with Crippen molar-refractivity contribution >= 4 is 54.4 Å². The maximum Gasteiger partial charge on any atom is 0.260 e. The topological polar surface area (TPSA) is 102 Å². The number of carbonyl (C=O) groups is 1. The number of hydrogen-bond acceptors (Lipinski definition) is 9. The van der Waals surface area contributed by atoms with Crippen molar-refractivity contribution in [2.24, 2.45) is 0 Å². The number of carbonyl (C=O) groups excluding carboxylic acids is 1. The van der Waals surface area contributed by atoms with Crippen LogP contribution in [0.1, 0.15) is 16.1 Å². The highest BCUT2D eigenvalue weighted by atomic mass is 32.2. The van der Waals surface area contributed by atoms with Gasteiger partial charge < -0.3 is 13.9 Å². The molecule has 4 rings (SSSR count). The van der Waals surface area contributed by atoms with E-state index >= 15 is 0 Å². The predicted octanol–water partition coefficient (Wildman–Crippen LogP) is 4.74. The zero-order valence-electron chi connectivity index (χ0n) is 21.3. The Hall–Kier alpha value is -2.74. The molecule has 9 nitrogen and oxygen atoms in total. The molecule has 0 aliphatic carbocycles. The van der Waals surface area contributed by atoms with Gasteiger partial charge >= 0.3 is 0 Å². The van der Waals surface area contributed by atoms with Crippen molar-refractivity contribution in [2.75, 3.05) is 51.7 Å². The molecule has 1 amide bonds. The number of benzene rings is 2. The monoisotopic (exact) mass is 575 g/mol. The standard InChI is InChI=1S/C26H29N3O6S3/c1-33-16-13-28(14-17-34-2)38(31,32)21-11-9-19(10-12-21)25(30)29(18-20-6-5-15-35-20)26-27-24-22(36-3)7-4-8-23(24)37-26/h4-12,15H,13-14,16-18H2,1-3H3. The highest BCUT2D eigenvalue weighted by molar-refractivity contribution is 7.98. The lowest BCUT2D eigenvalue weighted by atomic mass is 10.2. The molecule has 0 unspecified atom stereocenters. The van der Waals surface area contributed by atoms with Crippen molar-refractivity contribution in [3.05, 3.63) is 72.2 Å². The van der Waals surface area contributed by atoms with Crippen molar-refractivity contribution < 1.29 is 27.1 Å². The van der Waals surface area contributed by atoms with E-state index in [1.54, 1.807) is 35.1 Å². The lowest BCUT2D eigenvalue weighted by molar-refractivity contribution is 0.0983. The van der Waals surface area contributed by atoms with Gasteiger partial charge in [-0.15, -0.1) is 11.8 Å². The van der Waals surface area contributed by atoms with E-state index in [0.29, 0.717) is 16.5 Å². The minimum absolute atomic E-state index is 0.0865. The van der Waals surface area contributed by atoms with Crippen LogP contribution in [0.4, 0.5) is 5.13 Å². The Bertz CT molecular complexity index is 1450. The van der Waals surface area contributed by atoms with Crippen LogP contribution in [0.25, 0.3) is 10.2 Å². The molecule has 0 saturated carbocycles. The van der Waals surface area contributed by atoms with Crippen LogP contribution in [-0.4, -0.2) is 70.4 Å². The van der Waals surface area contributed by atoms with Crippen LogP contribution in [0.5, 0.6) is 0 Å². The van der Waals surface area contributed by atoms with E-state index in [2.05, 4.69) is 0 Å². The van der Waals surface area contributed by atoms with Gasteiger partial charge in [-0.1, -0.05) is 17.4 Å². The summed E-state index contributed by atoms with van der Waals surface area (Å²) in [6, 6.07) is 15.4. The molecule has 0 atom stereocenters. The lowest BCUT2D eigenvalue weighted by Crippen LogP contribution is -2.36. The third kappa shape index (κ3) is 6.28. The van der Waals surface area contributed by atoms with Crippen LogP contribution in [0.2, 0.25) is 0 Å². The number of sulfonamides is 1. The number of ether oxygens (including phenoxy) is 2. The smallest absolute Gasteiger partial charge is 0.260 e. The number of rotatable bonds is 13. The fraction of sp³-hybridized carbons (Fsp3) is 0.308. The van der Waals surface area contributed by atoms with Gasteiger partial charge in [0.15, 0.2) is 5.13 Å². The van der Waals surface area contributed by atoms with Crippen LogP contribution >= 0.6 is 23.1 Å². The Morgan fingerprint density at radius 2 is 1.74 bits per heavy atom. The molecule has 0 saturated heterocycles. The van der Waals surface area contributed by atoms with Crippen LogP contribution < -0.4 is 4.90 Å². The number of fused-ring (bicyclic) bond motifs is 1. The lowest BCUT2D eigenvalue weighted by Gasteiger charge is -2.22. The summed E-state index contributed by atoms with van der Waals surface area (Å²) < 4.78 is 44.4. The number of amides is 1. The van der Waals surface area contributed by atoms with E-state index in [1.165, 1.54) is 54.1 Å². The maximum absolute atomic E-state index is 13.7. The summed E-state index contributed by atoms with van der Waals surface area (Å²) >= 11 is 3.01. The third-order valence-electron chi connectivity index (χ3n) is 5.79. The molecule has 2 heterocycles. The van der Waals surface area contributed by atoms with Gasteiger partial charge in [0.05, 0.1) is 41.1 Å². The Morgan fingerprint density at radius 1 is 1.03 bits per heavy atom. The summed E-state index contributed by atoms with van der Waals surface area (Å²) in [5.41, 5.74) is 1.17. The van der Waals surface area contributed by atoms with Gasteiger partial charge in [0.2, 0.25) is 10.0 Å². The maximum atomic E-state index is 13.7. The van der Waals surface area contributed by atoms with Gasteiger partial charge in [-0.2, -0.15) is 4.31 Å². The van der Waals surface area contributed by atoms with Gasteiger partial charge in [0.1, 0.15) is 5.76 Å². The van der Waals surface area contributed by atoms with Crippen LogP contribution in [0.3, 0.4) is 0 Å². The van der Waals surface area contributed by atoms with Crippen molar-refractivity contribution in [1.29, 1.82) is 0 Å². The first kappa shape index (κ1) is 28.3. The molecule has 4 aromatic rings. The van der Waals surface area contributed by atoms with Gasteiger partial charge in [-0.05, 0) is 54.8 Å². The first-order chi connectivity index (χ1) is 18.4. The second kappa shape index (κ2) is 12.9. The fourth-order valence-corrected chi connectivity index (χ4v) is 6.82. The summed E-state index contributed by atoms with van der Waals surface area (Å²) in [4.78, 5) is 21.2. The number of nitrogens with zero attached hydrogens (tertiary/aromatic N) is 3. The second-order valence-corrected chi connectivity index (χ2v) is 12.0. The summed E-state index contributed by atoms with van der Waals surface area (Å²) in [6.07, 6.45) is 3.54. The van der Waals surface area contributed by atoms with Gasteiger partial charge in [0, 0.05) is 37.8 Å². The van der Waals surface area contributed by atoms with Crippen LogP contribution in [0.15, 0.2) is 75.1 Å². The molecule has 2 aromatic heterocycles. The zero-order valence-corrected chi connectivity index (χ0v) is 23.8. The van der Waals surface area contributed by atoms with Crippen molar-refractivity contribution in [2.45, 2.75) is 16.3 Å². The minimum atomic E-state index is -3.81. The van der Waals surface area contributed by atoms with Crippen LogP contribution in [-0.2, 0) is 26.0 Å². The molecule has 0 aliphatic rings. The molecule has 2 aromatic carbocycles. The Balaban J connectivity index is 1.65. The molecule has 38 heavy (non-hydrogen) atoms. The number of para-hydroxylation sites is 1. The van der Waals surface area contributed by atoms with Crippen molar-refractivity contribution in [1.82, 2.24) is 9.29 Å². The molecule has 12 heteroatoms. The van der Waals surface area contributed by atoms with E-state index in [0.717, 1.165) is 15.1 Å². The van der Waals surface area contributed by atoms with E-state index < -0.39 is 10.0 Å². The minimum Gasteiger partial charge on any atom is -0.467 e. The van der Waals surface area contributed by atoms with E-state index in [-0.39, 0.29) is 43.7 Å². The average Bonchev–Trinajstić information content (AvgIpc) is 3.61. The summed E-state index contributed by atoms with van der Waals surface area (Å²) in [5.74, 6) is 0.291. The molecule has 0 aliphatic heterocycles. The Labute approximate surface area is 230 Å². The predicted molar refractivity (Wildman–Crippen MR) is 150 cm³/mol. The number of aromatic nitrogens is 1. The number of hydrogen-bond donors (Lipinski definition) is 0. The van der Waals surface area contributed by atoms with Gasteiger partial charge in [-0.25, -0.2) is 13.4 Å². The highest BCUT2D eigenvalue weighted by Gasteiger charge is 2.26. The number of thioether (sulfide) groups is 1. The Kier molecular flexibility index (Phi) is 9.58. The van der Waals surface area contributed by atoms with Crippen LogP contribution in [0, 0.1) is 0 Å². The second-order valence-electron chi connectivity index (χ2n) is 8.19. The molecule has 0 N–H and O–H groups in total. The molecular formula is C26H29N3O6S3. The van der Waals surface area contributed by atoms with Crippen molar-refractivity contribution in [3.8, 4) is 0 Å². The van der Waals surface area contributed by atoms with Crippen molar-refractivity contribution in [3.63, 3.8) is 0 Å². The summed E-state index contributed by atoms with van der Waals surface area (Å²) in [7, 11) is -0.771. The number of furan rings is 1. The van der Waals surface area contributed by atoms with Gasteiger partial charge in [-0.3, -0.25) is 9.69 Å². The van der Waals surface area contributed by atoms with Gasteiger partial charge in [0.25, 0.3) is 5.91 Å². The zero-order chi connectivity index (χ0) is 27.1. The van der Waals surface area contributed by atoms with E-state index in [1.807, 2.05) is 24.5 Å². The molecule has 0 radical (unpaired) electrons. The Morgan fingerprint density at radius 3 is 2.34 bits per heavy atom. The quantitative estimate of drug-likeness (QED) is 0.211. The molecular weight excluding hydrogens is 547 g/mol. The molecule has 0 spiro atoms.